The fourth-order valence-electron chi connectivity index (χ4n) is 3.05. The second-order valence-corrected chi connectivity index (χ2v) is 8.78. The van der Waals surface area contributed by atoms with Crippen LogP contribution in [0, 0.1) is 11.6 Å². The van der Waals surface area contributed by atoms with E-state index in [-0.39, 0.29) is 23.0 Å². The van der Waals surface area contributed by atoms with E-state index >= 15 is 0 Å². The molecule has 0 saturated heterocycles. The number of nitrogens with one attached hydrogen (secondary N) is 2. The molecule has 0 fully saturated rings. The number of aldehydes is 1. The first kappa shape index (κ1) is 24.5. The zero-order valence-corrected chi connectivity index (χ0v) is 21.1. The SMILES string of the molecule is CNc1ccc(F)c(Nc2ncccc2-c2ncnc3c2ncn3PI)c1F.O=Cc1ccno1. The third-order valence-electron chi connectivity index (χ3n) is 4.67. The smallest absolute Gasteiger partial charge is 0.199 e. The van der Waals surface area contributed by atoms with Gasteiger partial charge in [0.25, 0.3) is 0 Å². The molecular formula is C21H16F2IN8O2P. The highest BCUT2D eigenvalue weighted by atomic mass is 127. The summed E-state index contributed by atoms with van der Waals surface area (Å²) in [6.07, 6.45) is 7.11. The molecule has 2 N–H and O–H groups in total. The Morgan fingerprint density at radius 3 is 2.66 bits per heavy atom. The molecule has 1 unspecified atom stereocenters. The van der Waals surface area contributed by atoms with Gasteiger partial charge in [0.2, 0.25) is 0 Å². The number of anilines is 3. The number of carbonyl (C=O) groups is 1. The van der Waals surface area contributed by atoms with E-state index in [1.165, 1.54) is 36.9 Å². The number of pyridine rings is 1. The first-order chi connectivity index (χ1) is 17.1. The topological polar surface area (TPSA) is 124 Å². The standard InChI is InChI=1S/C17H13F2IN7P.C4H3NO2/c1-21-11-5-4-10(18)14(12(11)19)26-16-9(3-2-6-22-16)13-15-17(24-7-23-13)27(28-20)8-25-15;6-3-4-1-2-5-7-4/h2-8,21,28H,1H3,(H,22,26);1-3H. The molecule has 35 heavy (non-hydrogen) atoms. The maximum atomic E-state index is 14.6. The van der Waals surface area contributed by atoms with Crippen molar-refractivity contribution < 1.29 is 18.1 Å². The molecule has 4 heterocycles. The summed E-state index contributed by atoms with van der Waals surface area (Å²) in [5.41, 5.74) is 2.24. The zero-order chi connectivity index (χ0) is 24.8. The van der Waals surface area contributed by atoms with Crippen LogP contribution in [-0.2, 0) is 0 Å². The molecular weight excluding hydrogens is 592 g/mol. The Kier molecular flexibility index (Phi) is 7.87. The van der Waals surface area contributed by atoms with Gasteiger partial charge in [0.05, 0.1) is 18.3 Å². The summed E-state index contributed by atoms with van der Waals surface area (Å²) in [6.45, 7) is 0. The van der Waals surface area contributed by atoms with Crippen molar-refractivity contribution in [2.24, 2.45) is 0 Å². The minimum absolute atomic E-state index is 0.174. The van der Waals surface area contributed by atoms with Crippen LogP contribution in [0.15, 0.2) is 59.9 Å². The Labute approximate surface area is 211 Å². The normalized spacial score (nSPS) is 10.9. The molecule has 14 heteroatoms. The molecule has 4 aromatic heterocycles. The molecule has 0 aliphatic carbocycles. The average molecular weight is 608 g/mol. The summed E-state index contributed by atoms with van der Waals surface area (Å²) in [6, 6.07) is 7.50. The highest BCUT2D eigenvalue weighted by molar-refractivity contribution is 14.2. The molecule has 0 amide bonds. The van der Waals surface area contributed by atoms with Gasteiger partial charge in [-0.1, -0.05) is 5.16 Å². The molecule has 0 spiro atoms. The molecule has 0 bridgehead atoms. The predicted molar refractivity (Wildman–Crippen MR) is 137 cm³/mol. The van der Waals surface area contributed by atoms with E-state index in [1.807, 2.05) is 4.34 Å². The number of aromatic nitrogens is 6. The number of carbonyl (C=O) groups excluding carboxylic acids is 1. The lowest BCUT2D eigenvalue weighted by Crippen LogP contribution is -2.04. The van der Waals surface area contributed by atoms with Crippen molar-refractivity contribution in [2.45, 2.75) is 0 Å². The van der Waals surface area contributed by atoms with Gasteiger partial charge in [0, 0.05) is 24.9 Å². The van der Waals surface area contributed by atoms with E-state index in [2.05, 4.69) is 62.3 Å². The van der Waals surface area contributed by atoms with E-state index in [9.17, 15) is 13.6 Å². The summed E-state index contributed by atoms with van der Waals surface area (Å²) < 4.78 is 35.2. The van der Waals surface area contributed by atoms with Gasteiger partial charge < -0.3 is 15.2 Å². The number of imidazole rings is 1. The van der Waals surface area contributed by atoms with Crippen LogP contribution in [-0.4, -0.2) is 42.8 Å². The number of hydrogen-bond donors (Lipinski definition) is 2. The van der Waals surface area contributed by atoms with E-state index < -0.39 is 11.6 Å². The summed E-state index contributed by atoms with van der Waals surface area (Å²) in [4.78, 5) is 27.0. The van der Waals surface area contributed by atoms with Gasteiger partial charge in [-0.2, -0.15) is 0 Å². The van der Waals surface area contributed by atoms with Crippen LogP contribution >= 0.6 is 28.4 Å². The first-order valence-electron chi connectivity index (χ1n) is 9.86. The molecule has 0 saturated carbocycles. The summed E-state index contributed by atoms with van der Waals surface area (Å²) in [5.74, 6) is -0.932. The quantitative estimate of drug-likeness (QED) is 0.152. The van der Waals surface area contributed by atoms with Crippen molar-refractivity contribution >= 4 is 63.1 Å². The van der Waals surface area contributed by atoms with Gasteiger partial charge in [-0.15, -0.1) is 0 Å². The molecule has 0 aliphatic rings. The largest absolute Gasteiger partial charge is 0.386 e. The van der Waals surface area contributed by atoms with Crippen LogP contribution < -0.4 is 10.6 Å². The highest BCUT2D eigenvalue weighted by Gasteiger charge is 2.19. The monoisotopic (exact) mass is 608 g/mol. The second-order valence-electron chi connectivity index (χ2n) is 6.68. The Morgan fingerprint density at radius 2 is 1.97 bits per heavy atom. The Hall–Kier alpha value is -3.58. The van der Waals surface area contributed by atoms with Crippen molar-refractivity contribution in [3.63, 3.8) is 0 Å². The molecule has 0 radical (unpaired) electrons. The van der Waals surface area contributed by atoms with Crippen LogP contribution in [0.2, 0.25) is 0 Å². The molecule has 178 valence electrons. The van der Waals surface area contributed by atoms with Crippen molar-refractivity contribution in [1.82, 2.24) is 29.4 Å². The van der Waals surface area contributed by atoms with Crippen molar-refractivity contribution in [3.8, 4) is 11.3 Å². The minimum atomic E-state index is -0.734. The molecule has 5 rings (SSSR count). The molecule has 1 atom stereocenters. The van der Waals surface area contributed by atoms with Crippen LogP contribution in [0.5, 0.6) is 0 Å². The van der Waals surface area contributed by atoms with E-state index in [0.717, 1.165) is 0 Å². The number of hydrogen-bond acceptors (Lipinski definition) is 9. The van der Waals surface area contributed by atoms with Gasteiger partial charge in [0.1, 0.15) is 41.2 Å². The Balaban J connectivity index is 0.000000356. The minimum Gasteiger partial charge on any atom is -0.386 e. The van der Waals surface area contributed by atoms with Crippen molar-refractivity contribution in [2.75, 3.05) is 17.7 Å². The number of benzene rings is 1. The van der Waals surface area contributed by atoms with Crippen molar-refractivity contribution in [3.05, 3.63) is 72.8 Å². The first-order valence-corrected chi connectivity index (χ1v) is 13.9. The number of rotatable bonds is 6. The van der Waals surface area contributed by atoms with Gasteiger partial charge in [-0.05, 0) is 46.3 Å². The fraction of sp³-hybridized carbons (Fsp3) is 0.0476. The molecule has 1 aromatic carbocycles. The summed E-state index contributed by atoms with van der Waals surface area (Å²) in [7, 11) is 1.56. The third-order valence-corrected chi connectivity index (χ3v) is 6.73. The highest BCUT2D eigenvalue weighted by Crippen LogP contribution is 2.35. The number of fused-ring (bicyclic) bond motifs is 1. The third kappa shape index (κ3) is 5.25. The second kappa shape index (κ2) is 11.2. The molecule has 10 nitrogen and oxygen atoms in total. The van der Waals surface area contributed by atoms with Crippen LogP contribution in [0.4, 0.5) is 26.0 Å². The van der Waals surface area contributed by atoms with Crippen molar-refractivity contribution in [1.29, 1.82) is 0 Å². The summed E-state index contributed by atoms with van der Waals surface area (Å²) >= 11 is 2.24. The van der Waals surface area contributed by atoms with Crippen LogP contribution in [0.3, 0.4) is 0 Å². The molecule has 0 aliphatic heterocycles. The van der Waals surface area contributed by atoms with Gasteiger partial charge >= 0.3 is 0 Å². The van der Waals surface area contributed by atoms with E-state index in [0.29, 0.717) is 35.1 Å². The van der Waals surface area contributed by atoms with Gasteiger partial charge in [0.15, 0.2) is 23.5 Å². The average Bonchev–Trinajstić information content (AvgIpc) is 3.57. The van der Waals surface area contributed by atoms with Crippen LogP contribution in [0.1, 0.15) is 10.6 Å². The Morgan fingerprint density at radius 1 is 1.11 bits per heavy atom. The maximum absolute atomic E-state index is 14.6. The van der Waals surface area contributed by atoms with Crippen LogP contribution in [0.25, 0.3) is 22.4 Å². The lowest BCUT2D eigenvalue weighted by Gasteiger charge is -2.14. The predicted octanol–water partition coefficient (Wildman–Crippen LogP) is 5.23. The number of nitrogens with zero attached hydrogens (tertiary/aromatic N) is 6. The number of halogens is 3. The fourth-order valence-corrected chi connectivity index (χ4v) is 4.46. The molecule has 5 aromatic rings. The zero-order valence-electron chi connectivity index (χ0n) is 17.9. The lowest BCUT2D eigenvalue weighted by molar-refractivity contribution is 0.109. The maximum Gasteiger partial charge on any atom is 0.199 e. The Bertz CT molecular complexity index is 1470. The lowest BCUT2D eigenvalue weighted by atomic mass is 10.1. The van der Waals surface area contributed by atoms with E-state index in [4.69, 9.17) is 0 Å². The summed E-state index contributed by atoms with van der Waals surface area (Å²) in [5, 5.41) is 8.75. The van der Waals surface area contributed by atoms with E-state index in [1.54, 1.807) is 25.5 Å². The van der Waals surface area contributed by atoms with Gasteiger partial charge in [-0.3, -0.25) is 9.13 Å². The van der Waals surface area contributed by atoms with Gasteiger partial charge in [-0.25, -0.2) is 28.7 Å².